The van der Waals surface area contributed by atoms with Gasteiger partial charge in [-0.1, -0.05) is 0 Å². The fourth-order valence-electron chi connectivity index (χ4n) is 2.32. The summed E-state index contributed by atoms with van der Waals surface area (Å²) in [4.78, 5) is 12.1. The van der Waals surface area contributed by atoms with Gasteiger partial charge in [0.2, 0.25) is 5.91 Å². The van der Waals surface area contributed by atoms with Crippen LogP contribution in [0.25, 0.3) is 0 Å². The Morgan fingerprint density at radius 2 is 2.47 bits per heavy atom. The monoisotopic (exact) mass is 298 g/mol. The van der Waals surface area contributed by atoms with E-state index in [0.29, 0.717) is 11.9 Å². The van der Waals surface area contributed by atoms with Crippen molar-refractivity contribution in [1.29, 1.82) is 0 Å². The summed E-state index contributed by atoms with van der Waals surface area (Å²) in [7, 11) is 0. The quantitative estimate of drug-likeness (QED) is 0.878. The second-order valence-electron chi connectivity index (χ2n) is 4.75. The van der Waals surface area contributed by atoms with E-state index in [0.717, 1.165) is 36.8 Å². The van der Waals surface area contributed by atoms with Crippen molar-refractivity contribution in [2.75, 3.05) is 35.7 Å². The number of aromatic nitrogens is 2. The molecule has 2 N–H and O–H groups in total. The third-order valence-corrected chi connectivity index (χ3v) is 6.13. The molecule has 104 valence electrons. The fraction of sp³-hybridized carbons (Fsp3) is 0.667. The molecular weight excluding hydrogens is 280 g/mol. The first-order valence-corrected chi connectivity index (χ1v) is 8.79. The highest BCUT2D eigenvalue weighted by atomic mass is 32.2. The minimum absolute atomic E-state index is 0.0667. The second-order valence-corrected chi connectivity index (χ2v) is 7.21. The van der Waals surface area contributed by atoms with Crippen LogP contribution in [-0.2, 0) is 4.79 Å². The van der Waals surface area contributed by atoms with Gasteiger partial charge in [-0.15, -0.1) is 11.8 Å². The average molecular weight is 298 g/mol. The number of rotatable bonds is 3. The molecule has 0 radical (unpaired) electrons. The maximum atomic E-state index is 12.1. The maximum Gasteiger partial charge on any atom is 0.239 e. The van der Waals surface area contributed by atoms with E-state index in [2.05, 4.69) is 15.7 Å². The van der Waals surface area contributed by atoms with Crippen molar-refractivity contribution in [3.63, 3.8) is 0 Å². The summed E-state index contributed by atoms with van der Waals surface area (Å²) in [5.74, 6) is 3.88. The van der Waals surface area contributed by atoms with Gasteiger partial charge in [0.25, 0.3) is 0 Å². The van der Waals surface area contributed by atoms with E-state index in [4.69, 9.17) is 0 Å². The molecule has 2 fully saturated rings. The number of nitrogens with zero attached hydrogens (tertiary/aromatic N) is 2. The van der Waals surface area contributed by atoms with Crippen molar-refractivity contribution < 1.29 is 4.79 Å². The highest BCUT2D eigenvalue weighted by Crippen LogP contribution is 2.25. The molecule has 5 nitrogen and oxygen atoms in total. The van der Waals surface area contributed by atoms with E-state index < -0.39 is 0 Å². The van der Waals surface area contributed by atoms with Gasteiger partial charge in [-0.25, -0.2) is 0 Å². The lowest BCUT2D eigenvalue weighted by molar-refractivity contribution is -0.115. The number of amides is 1. The fourth-order valence-corrected chi connectivity index (χ4v) is 4.88. The smallest absolute Gasteiger partial charge is 0.239 e. The summed E-state index contributed by atoms with van der Waals surface area (Å²) in [5.41, 5.74) is 0. The van der Waals surface area contributed by atoms with Crippen LogP contribution in [0.4, 0.5) is 5.82 Å². The van der Waals surface area contributed by atoms with Gasteiger partial charge >= 0.3 is 0 Å². The molecule has 0 bridgehead atoms. The van der Waals surface area contributed by atoms with Gasteiger partial charge in [-0.2, -0.15) is 16.9 Å². The van der Waals surface area contributed by atoms with Gasteiger partial charge < -0.3 is 10.6 Å². The number of hydrogen-bond donors (Lipinski definition) is 2. The first kappa shape index (κ1) is 13.3. The molecule has 3 heterocycles. The van der Waals surface area contributed by atoms with Crippen molar-refractivity contribution in [3.8, 4) is 0 Å². The van der Waals surface area contributed by atoms with Crippen LogP contribution in [-0.4, -0.2) is 51.3 Å². The van der Waals surface area contributed by atoms with Gasteiger partial charge in [0, 0.05) is 36.1 Å². The molecule has 1 aromatic heterocycles. The number of nitrogens with one attached hydrogen (secondary N) is 2. The van der Waals surface area contributed by atoms with Crippen molar-refractivity contribution in [3.05, 3.63) is 12.3 Å². The minimum atomic E-state index is 0.0667. The zero-order valence-corrected chi connectivity index (χ0v) is 12.3. The van der Waals surface area contributed by atoms with E-state index in [9.17, 15) is 4.79 Å². The molecule has 1 amide bonds. The Balaban J connectivity index is 1.58. The molecule has 0 aliphatic carbocycles. The van der Waals surface area contributed by atoms with Gasteiger partial charge in [-0.05, 0) is 13.0 Å². The van der Waals surface area contributed by atoms with Crippen LogP contribution in [0.2, 0.25) is 0 Å². The summed E-state index contributed by atoms with van der Waals surface area (Å²) in [6.45, 7) is 2.01. The largest absolute Gasteiger partial charge is 0.315 e. The van der Waals surface area contributed by atoms with Crippen LogP contribution in [0.5, 0.6) is 0 Å². The lowest BCUT2D eigenvalue weighted by Gasteiger charge is -2.19. The lowest BCUT2D eigenvalue weighted by Crippen LogP contribution is -2.30. The topological polar surface area (TPSA) is 59.0 Å². The standard InChI is InChI=1S/C12H18N4OS2/c17-12(10-8-18-5-6-19-10)14-11-2-4-16(15-11)9-1-3-13-7-9/h2,4,9-10,13H,1,3,5-8H2,(H,14,15,17)/t9-,10+/m1/s1. The Morgan fingerprint density at radius 1 is 1.53 bits per heavy atom. The molecule has 1 aromatic rings. The molecule has 2 saturated heterocycles. The molecule has 0 aromatic carbocycles. The molecule has 0 spiro atoms. The summed E-state index contributed by atoms with van der Waals surface area (Å²) < 4.78 is 1.96. The summed E-state index contributed by atoms with van der Waals surface area (Å²) in [6.07, 6.45) is 3.06. The Bertz CT molecular complexity index is 439. The Labute approximate surface area is 121 Å². The second kappa shape index (κ2) is 6.19. The SMILES string of the molecule is O=C(Nc1ccn([C@@H]2CCNC2)n1)[C@@H]1CSCCS1. The Kier molecular flexibility index (Phi) is 4.35. The first-order valence-electron chi connectivity index (χ1n) is 6.59. The van der Waals surface area contributed by atoms with Gasteiger partial charge in [0.1, 0.15) is 0 Å². The highest BCUT2D eigenvalue weighted by molar-refractivity contribution is 8.07. The Morgan fingerprint density at radius 3 is 3.21 bits per heavy atom. The lowest BCUT2D eigenvalue weighted by atomic mass is 10.3. The molecule has 7 heteroatoms. The third-order valence-electron chi connectivity index (χ3n) is 3.38. The van der Waals surface area contributed by atoms with E-state index in [1.165, 1.54) is 0 Å². The van der Waals surface area contributed by atoms with Crippen LogP contribution < -0.4 is 10.6 Å². The molecule has 0 unspecified atom stereocenters. The maximum absolute atomic E-state index is 12.1. The predicted octanol–water partition coefficient (Wildman–Crippen LogP) is 1.20. The van der Waals surface area contributed by atoms with Crippen molar-refractivity contribution >= 4 is 35.2 Å². The molecule has 2 aliphatic rings. The average Bonchev–Trinajstić information content (AvgIpc) is 3.10. The van der Waals surface area contributed by atoms with Crippen LogP contribution in [0.3, 0.4) is 0 Å². The van der Waals surface area contributed by atoms with E-state index >= 15 is 0 Å². The molecule has 0 saturated carbocycles. The van der Waals surface area contributed by atoms with Crippen LogP contribution in [0.1, 0.15) is 12.5 Å². The number of carbonyl (C=O) groups is 1. The number of carbonyl (C=O) groups excluding carboxylic acids is 1. The summed E-state index contributed by atoms with van der Waals surface area (Å²) in [5, 5.41) is 10.8. The van der Waals surface area contributed by atoms with Crippen molar-refractivity contribution in [1.82, 2.24) is 15.1 Å². The van der Waals surface area contributed by atoms with Gasteiger partial charge in [0.15, 0.2) is 5.82 Å². The van der Waals surface area contributed by atoms with Crippen molar-refractivity contribution in [2.45, 2.75) is 17.7 Å². The van der Waals surface area contributed by atoms with Crippen LogP contribution in [0.15, 0.2) is 12.3 Å². The molecule has 2 atom stereocenters. The summed E-state index contributed by atoms with van der Waals surface area (Å²) in [6, 6.07) is 2.31. The van der Waals surface area contributed by atoms with Gasteiger partial charge in [0.05, 0.1) is 11.3 Å². The van der Waals surface area contributed by atoms with E-state index in [1.807, 2.05) is 28.7 Å². The zero-order valence-electron chi connectivity index (χ0n) is 10.7. The number of hydrogen-bond acceptors (Lipinski definition) is 5. The molecule has 2 aliphatic heterocycles. The molecule has 3 rings (SSSR count). The van der Waals surface area contributed by atoms with Gasteiger partial charge in [-0.3, -0.25) is 9.48 Å². The zero-order chi connectivity index (χ0) is 13.1. The van der Waals surface area contributed by atoms with E-state index in [1.54, 1.807) is 11.8 Å². The Hall–Kier alpha value is -0.660. The molecular formula is C12H18N4OS2. The van der Waals surface area contributed by atoms with Crippen molar-refractivity contribution in [2.24, 2.45) is 0 Å². The third kappa shape index (κ3) is 3.27. The van der Waals surface area contributed by atoms with E-state index in [-0.39, 0.29) is 11.2 Å². The number of thioether (sulfide) groups is 2. The normalized spacial score (nSPS) is 27.4. The van der Waals surface area contributed by atoms with Crippen LogP contribution in [0, 0.1) is 0 Å². The minimum Gasteiger partial charge on any atom is -0.315 e. The van der Waals surface area contributed by atoms with Crippen LogP contribution >= 0.6 is 23.5 Å². The number of anilines is 1. The predicted molar refractivity (Wildman–Crippen MR) is 81.0 cm³/mol. The molecule has 19 heavy (non-hydrogen) atoms. The summed E-state index contributed by atoms with van der Waals surface area (Å²) >= 11 is 3.60. The first-order chi connectivity index (χ1) is 9.33. The highest BCUT2D eigenvalue weighted by Gasteiger charge is 2.23.